The summed E-state index contributed by atoms with van der Waals surface area (Å²) in [6, 6.07) is 17.4. The van der Waals surface area contributed by atoms with Crippen LogP contribution in [0.1, 0.15) is 5.56 Å². The largest absolute Gasteiger partial charge is 0.352 e. The summed E-state index contributed by atoms with van der Waals surface area (Å²) < 4.78 is 13.1. The standard InChI is InChI=1S/C22H20ClFN4O/c23-18-5-1-16(2-6-18)15-22(29)28-13-11-27(12-14-28)21-10-9-20(25-26-21)17-3-7-19(24)8-4-17/h1-10H,11-15H2. The number of benzene rings is 2. The van der Waals surface area contributed by atoms with E-state index in [0.29, 0.717) is 43.3 Å². The zero-order chi connectivity index (χ0) is 20.2. The second-order valence-corrected chi connectivity index (χ2v) is 7.39. The Balaban J connectivity index is 1.33. The highest BCUT2D eigenvalue weighted by atomic mass is 35.5. The number of halogens is 2. The van der Waals surface area contributed by atoms with E-state index in [1.54, 1.807) is 24.3 Å². The van der Waals surface area contributed by atoms with Crippen molar-refractivity contribution < 1.29 is 9.18 Å². The monoisotopic (exact) mass is 410 g/mol. The van der Waals surface area contributed by atoms with Crippen LogP contribution in [0.2, 0.25) is 5.02 Å². The third kappa shape index (κ3) is 4.71. The van der Waals surface area contributed by atoms with E-state index in [1.165, 1.54) is 12.1 Å². The molecular weight excluding hydrogens is 391 g/mol. The predicted octanol–water partition coefficient (Wildman–Crippen LogP) is 3.83. The first-order chi connectivity index (χ1) is 14.1. The van der Waals surface area contributed by atoms with Gasteiger partial charge in [-0.25, -0.2) is 4.39 Å². The molecule has 0 unspecified atom stereocenters. The molecule has 3 aromatic rings. The zero-order valence-corrected chi connectivity index (χ0v) is 16.5. The summed E-state index contributed by atoms with van der Waals surface area (Å²) in [7, 11) is 0. The van der Waals surface area contributed by atoms with Crippen LogP contribution in [0.4, 0.5) is 10.2 Å². The third-order valence-corrected chi connectivity index (χ3v) is 5.27. The summed E-state index contributed by atoms with van der Waals surface area (Å²) in [6.07, 6.45) is 0.378. The van der Waals surface area contributed by atoms with E-state index in [1.807, 2.05) is 29.2 Å². The fraction of sp³-hybridized carbons (Fsp3) is 0.227. The van der Waals surface area contributed by atoms with Crippen molar-refractivity contribution in [1.82, 2.24) is 15.1 Å². The molecule has 5 nitrogen and oxygen atoms in total. The molecule has 2 heterocycles. The van der Waals surface area contributed by atoms with Gasteiger partial charge in [-0.2, -0.15) is 0 Å². The van der Waals surface area contributed by atoms with Crippen LogP contribution >= 0.6 is 11.6 Å². The van der Waals surface area contributed by atoms with Crippen molar-refractivity contribution in [2.45, 2.75) is 6.42 Å². The van der Waals surface area contributed by atoms with Crippen LogP contribution < -0.4 is 4.90 Å². The van der Waals surface area contributed by atoms with Crippen molar-refractivity contribution in [3.8, 4) is 11.3 Å². The van der Waals surface area contributed by atoms with E-state index in [9.17, 15) is 9.18 Å². The number of amides is 1. The van der Waals surface area contributed by atoms with E-state index in [-0.39, 0.29) is 11.7 Å². The number of nitrogens with zero attached hydrogens (tertiary/aromatic N) is 4. The van der Waals surface area contributed by atoms with Crippen LogP contribution in [-0.4, -0.2) is 47.2 Å². The van der Waals surface area contributed by atoms with Crippen molar-refractivity contribution in [3.63, 3.8) is 0 Å². The lowest BCUT2D eigenvalue weighted by molar-refractivity contribution is -0.130. The van der Waals surface area contributed by atoms with Gasteiger partial charge in [-0.15, -0.1) is 10.2 Å². The first-order valence-corrected chi connectivity index (χ1v) is 9.83. The van der Waals surface area contributed by atoms with Crippen LogP contribution in [0.5, 0.6) is 0 Å². The molecule has 2 aromatic carbocycles. The smallest absolute Gasteiger partial charge is 0.227 e. The van der Waals surface area contributed by atoms with Crippen molar-refractivity contribution >= 4 is 23.3 Å². The van der Waals surface area contributed by atoms with E-state index in [0.717, 1.165) is 16.9 Å². The van der Waals surface area contributed by atoms with Gasteiger partial charge in [-0.05, 0) is 54.1 Å². The number of hydrogen-bond acceptors (Lipinski definition) is 4. The number of carbonyl (C=O) groups excluding carboxylic acids is 1. The van der Waals surface area contributed by atoms with Crippen LogP contribution in [0, 0.1) is 5.82 Å². The maximum atomic E-state index is 13.1. The number of carbonyl (C=O) groups is 1. The molecule has 4 rings (SSSR count). The summed E-state index contributed by atoms with van der Waals surface area (Å²) in [5.74, 6) is 0.618. The fourth-order valence-corrected chi connectivity index (χ4v) is 3.47. The molecule has 7 heteroatoms. The Morgan fingerprint density at radius 1 is 0.897 bits per heavy atom. The molecule has 0 N–H and O–H groups in total. The lowest BCUT2D eigenvalue weighted by Gasteiger charge is -2.35. The molecule has 0 spiro atoms. The van der Waals surface area contributed by atoms with Gasteiger partial charge in [0.05, 0.1) is 12.1 Å². The molecule has 1 aliphatic rings. The molecule has 1 fully saturated rings. The Kier molecular flexibility index (Phi) is 5.71. The molecule has 1 amide bonds. The minimum atomic E-state index is -0.276. The van der Waals surface area contributed by atoms with Crippen LogP contribution in [0.15, 0.2) is 60.7 Å². The van der Waals surface area contributed by atoms with Gasteiger partial charge in [0.1, 0.15) is 5.82 Å². The van der Waals surface area contributed by atoms with E-state index in [4.69, 9.17) is 11.6 Å². The molecule has 0 atom stereocenters. The number of piperazine rings is 1. The summed E-state index contributed by atoms with van der Waals surface area (Å²) in [5.41, 5.74) is 2.48. The van der Waals surface area contributed by atoms with Crippen LogP contribution in [-0.2, 0) is 11.2 Å². The topological polar surface area (TPSA) is 49.3 Å². The quantitative estimate of drug-likeness (QED) is 0.656. The van der Waals surface area contributed by atoms with E-state index >= 15 is 0 Å². The van der Waals surface area contributed by atoms with Gasteiger partial charge in [0, 0.05) is 36.8 Å². The Morgan fingerprint density at radius 2 is 1.59 bits per heavy atom. The second kappa shape index (κ2) is 8.57. The SMILES string of the molecule is O=C(Cc1ccc(Cl)cc1)N1CCN(c2ccc(-c3ccc(F)cc3)nn2)CC1. The Hall–Kier alpha value is -2.99. The molecular formula is C22H20ClFN4O. The summed E-state index contributed by atoms with van der Waals surface area (Å²) in [4.78, 5) is 16.5. The van der Waals surface area contributed by atoms with Crippen molar-refractivity contribution in [3.05, 3.63) is 77.1 Å². The molecule has 148 valence electrons. The van der Waals surface area contributed by atoms with Gasteiger partial charge in [0.2, 0.25) is 5.91 Å². The maximum Gasteiger partial charge on any atom is 0.227 e. The van der Waals surface area contributed by atoms with Crippen LogP contribution in [0.25, 0.3) is 11.3 Å². The highest BCUT2D eigenvalue weighted by Crippen LogP contribution is 2.20. The highest BCUT2D eigenvalue weighted by molar-refractivity contribution is 6.30. The molecule has 29 heavy (non-hydrogen) atoms. The molecule has 0 saturated carbocycles. The van der Waals surface area contributed by atoms with Gasteiger partial charge in [-0.1, -0.05) is 23.7 Å². The molecule has 0 aliphatic carbocycles. The number of anilines is 1. The van der Waals surface area contributed by atoms with E-state index in [2.05, 4.69) is 15.1 Å². The van der Waals surface area contributed by atoms with Gasteiger partial charge < -0.3 is 9.80 Å². The average Bonchev–Trinajstić information content (AvgIpc) is 2.76. The first-order valence-electron chi connectivity index (χ1n) is 9.45. The summed E-state index contributed by atoms with van der Waals surface area (Å²) in [6.45, 7) is 2.70. The number of aromatic nitrogens is 2. The Morgan fingerprint density at radius 3 is 2.21 bits per heavy atom. The fourth-order valence-electron chi connectivity index (χ4n) is 3.34. The highest BCUT2D eigenvalue weighted by Gasteiger charge is 2.22. The molecule has 0 radical (unpaired) electrons. The van der Waals surface area contributed by atoms with Gasteiger partial charge >= 0.3 is 0 Å². The molecule has 1 saturated heterocycles. The lowest BCUT2D eigenvalue weighted by atomic mass is 10.1. The van der Waals surface area contributed by atoms with Crippen molar-refractivity contribution in [2.75, 3.05) is 31.1 Å². The minimum Gasteiger partial charge on any atom is -0.352 e. The summed E-state index contributed by atoms with van der Waals surface area (Å²) >= 11 is 5.90. The van der Waals surface area contributed by atoms with Crippen molar-refractivity contribution in [1.29, 1.82) is 0 Å². The normalized spacial score (nSPS) is 14.1. The number of rotatable bonds is 4. The molecule has 0 bridgehead atoms. The first kappa shape index (κ1) is 19.3. The molecule has 1 aliphatic heterocycles. The lowest BCUT2D eigenvalue weighted by Crippen LogP contribution is -2.49. The maximum absolute atomic E-state index is 13.1. The van der Waals surface area contributed by atoms with Gasteiger partial charge in [0.25, 0.3) is 0 Å². The van der Waals surface area contributed by atoms with Gasteiger partial charge in [-0.3, -0.25) is 4.79 Å². The van der Waals surface area contributed by atoms with Gasteiger partial charge in [0.15, 0.2) is 5.82 Å². The van der Waals surface area contributed by atoms with Crippen molar-refractivity contribution in [2.24, 2.45) is 0 Å². The minimum absolute atomic E-state index is 0.115. The third-order valence-electron chi connectivity index (χ3n) is 5.02. The zero-order valence-electron chi connectivity index (χ0n) is 15.8. The number of hydrogen-bond donors (Lipinski definition) is 0. The van der Waals surface area contributed by atoms with Crippen LogP contribution in [0.3, 0.4) is 0 Å². The molecule has 1 aromatic heterocycles. The predicted molar refractivity (Wildman–Crippen MR) is 111 cm³/mol. The Bertz CT molecular complexity index is 969. The second-order valence-electron chi connectivity index (χ2n) is 6.95. The average molecular weight is 411 g/mol. The van der Waals surface area contributed by atoms with E-state index < -0.39 is 0 Å². The summed E-state index contributed by atoms with van der Waals surface area (Å²) in [5, 5.41) is 9.25. The Labute approximate surface area is 173 Å².